The van der Waals surface area contributed by atoms with Crippen molar-refractivity contribution in [2.24, 2.45) is 7.05 Å². The molecule has 0 fully saturated rings. The molecule has 22 heavy (non-hydrogen) atoms. The van der Waals surface area contributed by atoms with Crippen molar-refractivity contribution in [2.75, 3.05) is 0 Å². The lowest BCUT2D eigenvalue weighted by molar-refractivity contribution is 0.0327. The van der Waals surface area contributed by atoms with Crippen LogP contribution in [0.2, 0.25) is 0 Å². The van der Waals surface area contributed by atoms with Gasteiger partial charge >= 0.3 is 5.97 Å². The van der Waals surface area contributed by atoms with E-state index in [1.54, 1.807) is 32.9 Å². The highest BCUT2D eigenvalue weighted by molar-refractivity contribution is 5.90. The summed E-state index contributed by atoms with van der Waals surface area (Å²) in [5.41, 5.74) is 0.685. The van der Waals surface area contributed by atoms with E-state index in [-0.39, 0.29) is 11.1 Å². The van der Waals surface area contributed by atoms with Gasteiger partial charge in [0.2, 0.25) is 0 Å². The van der Waals surface area contributed by atoms with Crippen LogP contribution in [0.25, 0.3) is 0 Å². The smallest absolute Gasteiger partial charge is 0.344 e. The summed E-state index contributed by atoms with van der Waals surface area (Å²) >= 11 is 0. The van der Waals surface area contributed by atoms with Crippen molar-refractivity contribution in [3.8, 4) is 0 Å². The minimum atomic E-state index is -0.800. The lowest BCUT2D eigenvalue weighted by Gasteiger charge is -2.15. The van der Waals surface area contributed by atoms with E-state index in [2.05, 4.69) is 5.10 Å². The summed E-state index contributed by atoms with van der Waals surface area (Å²) < 4.78 is 20.1. The van der Waals surface area contributed by atoms with E-state index in [1.807, 2.05) is 0 Å². The van der Waals surface area contributed by atoms with Crippen molar-refractivity contribution in [3.05, 3.63) is 62.8 Å². The third-order valence-corrected chi connectivity index (χ3v) is 3.56. The van der Waals surface area contributed by atoms with Gasteiger partial charge in [0.15, 0.2) is 0 Å². The monoisotopic (exact) mass is 304 g/mol. The molecule has 1 aromatic heterocycles. The normalized spacial score (nSPS) is 12.0. The summed E-state index contributed by atoms with van der Waals surface area (Å²) in [5, 5.41) is 4.00. The number of hydrogen-bond donors (Lipinski definition) is 0. The fraction of sp³-hybridized carbons (Fsp3) is 0.312. The quantitative estimate of drug-likeness (QED) is 0.817. The lowest BCUT2D eigenvalue weighted by atomic mass is 10.1. The van der Waals surface area contributed by atoms with Gasteiger partial charge in [0.25, 0.3) is 5.56 Å². The van der Waals surface area contributed by atoms with Crippen molar-refractivity contribution >= 4 is 5.97 Å². The average Bonchev–Trinajstić information content (AvgIpc) is 2.45. The average molecular weight is 304 g/mol. The Morgan fingerprint density at radius 1 is 1.32 bits per heavy atom. The molecule has 0 saturated heterocycles. The molecule has 0 aliphatic rings. The SMILES string of the molecule is Cc1nn(C)c(=O)c(C(=O)O[C@H](C)c2ccccc2F)c1C. The second-order valence-corrected chi connectivity index (χ2v) is 5.08. The van der Waals surface area contributed by atoms with Crippen LogP contribution in [0.1, 0.15) is 40.2 Å². The highest BCUT2D eigenvalue weighted by Crippen LogP contribution is 2.21. The van der Waals surface area contributed by atoms with E-state index >= 15 is 0 Å². The molecule has 0 aliphatic heterocycles. The molecule has 1 atom stereocenters. The molecule has 0 spiro atoms. The Morgan fingerprint density at radius 3 is 2.59 bits per heavy atom. The number of rotatable bonds is 3. The zero-order valence-electron chi connectivity index (χ0n) is 12.9. The summed E-state index contributed by atoms with van der Waals surface area (Å²) in [6.07, 6.45) is -0.800. The van der Waals surface area contributed by atoms with Gasteiger partial charge in [-0.15, -0.1) is 0 Å². The molecule has 0 aliphatic carbocycles. The van der Waals surface area contributed by atoms with Crippen LogP contribution in [-0.2, 0) is 11.8 Å². The number of ether oxygens (including phenoxy) is 1. The maximum absolute atomic E-state index is 13.7. The van der Waals surface area contributed by atoms with Crippen LogP contribution < -0.4 is 5.56 Å². The first-order chi connectivity index (χ1) is 10.3. The largest absolute Gasteiger partial charge is 0.454 e. The molecule has 116 valence electrons. The van der Waals surface area contributed by atoms with Crippen molar-refractivity contribution in [1.82, 2.24) is 9.78 Å². The third-order valence-electron chi connectivity index (χ3n) is 3.56. The summed E-state index contributed by atoms with van der Waals surface area (Å²) in [5.74, 6) is -1.24. The molecule has 0 bridgehead atoms. The van der Waals surface area contributed by atoms with Crippen molar-refractivity contribution < 1.29 is 13.9 Å². The minimum Gasteiger partial charge on any atom is -0.454 e. The van der Waals surface area contributed by atoms with E-state index < -0.39 is 23.4 Å². The summed E-state index contributed by atoms with van der Waals surface area (Å²) in [6, 6.07) is 6.04. The first kappa shape index (κ1) is 15.9. The zero-order chi connectivity index (χ0) is 16.4. The van der Waals surface area contributed by atoms with Crippen molar-refractivity contribution in [1.29, 1.82) is 0 Å². The molecular formula is C16H17FN2O3. The van der Waals surface area contributed by atoms with Crippen molar-refractivity contribution in [2.45, 2.75) is 26.9 Å². The molecule has 0 amide bonds. The standard InChI is InChI=1S/C16H17FN2O3/c1-9-10(2)18-19(4)15(20)14(9)16(21)22-11(3)12-7-5-6-8-13(12)17/h5-8,11H,1-4H3/t11-/m1/s1. The van der Waals surface area contributed by atoms with Crippen LogP contribution in [0.5, 0.6) is 0 Å². The molecule has 6 heteroatoms. The lowest BCUT2D eigenvalue weighted by Crippen LogP contribution is -2.30. The van der Waals surface area contributed by atoms with Gasteiger partial charge < -0.3 is 4.74 Å². The van der Waals surface area contributed by atoms with E-state index in [0.717, 1.165) is 4.68 Å². The van der Waals surface area contributed by atoms with E-state index in [4.69, 9.17) is 4.74 Å². The number of esters is 1. The minimum absolute atomic E-state index is 0.0711. The third kappa shape index (κ3) is 2.90. The van der Waals surface area contributed by atoms with Crippen LogP contribution in [0.3, 0.4) is 0 Å². The number of benzene rings is 1. The fourth-order valence-corrected chi connectivity index (χ4v) is 2.18. The number of halogens is 1. The molecule has 0 radical (unpaired) electrons. The van der Waals surface area contributed by atoms with Crippen LogP contribution in [0.15, 0.2) is 29.1 Å². The number of nitrogens with zero attached hydrogens (tertiary/aromatic N) is 2. The number of aromatic nitrogens is 2. The molecule has 0 unspecified atom stereocenters. The Hall–Kier alpha value is -2.50. The topological polar surface area (TPSA) is 61.2 Å². The van der Waals surface area contributed by atoms with Gasteiger partial charge in [-0.25, -0.2) is 13.9 Å². The number of hydrogen-bond acceptors (Lipinski definition) is 4. The maximum atomic E-state index is 13.7. The molecule has 0 saturated carbocycles. The van der Waals surface area contributed by atoms with E-state index in [9.17, 15) is 14.0 Å². The summed E-state index contributed by atoms with van der Waals surface area (Å²) in [4.78, 5) is 24.4. The fourth-order valence-electron chi connectivity index (χ4n) is 2.18. The predicted octanol–water partition coefficient (Wildman–Crippen LogP) is 2.45. The van der Waals surface area contributed by atoms with Gasteiger partial charge in [-0.3, -0.25) is 4.79 Å². The Labute approximate surface area is 127 Å². The summed E-state index contributed by atoms with van der Waals surface area (Å²) in [6.45, 7) is 4.89. The van der Waals surface area contributed by atoms with E-state index in [1.165, 1.54) is 19.2 Å². The molecule has 2 aromatic rings. The summed E-state index contributed by atoms with van der Waals surface area (Å²) in [7, 11) is 1.46. The van der Waals surface area contributed by atoms with E-state index in [0.29, 0.717) is 11.3 Å². The van der Waals surface area contributed by atoms with Crippen molar-refractivity contribution in [3.63, 3.8) is 0 Å². The Morgan fingerprint density at radius 2 is 1.95 bits per heavy atom. The maximum Gasteiger partial charge on any atom is 0.344 e. The first-order valence-electron chi connectivity index (χ1n) is 6.82. The number of aryl methyl sites for hydroxylation is 2. The highest BCUT2D eigenvalue weighted by Gasteiger charge is 2.22. The highest BCUT2D eigenvalue weighted by atomic mass is 19.1. The van der Waals surface area contributed by atoms with Crippen LogP contribution >= 0.6 is 0 Å². The Bertz CT molecular complexity index is 783. The van der Waals surface area contributed by atoms with Crippen LogP contribution in [-0.4, -0.2) is 15.7 Å². The second-order valence-electron chi connectivity index (χ2n) is 5.08. The van der Waals surface area contributed by atoms with Gasteiger partial charge in [-0.2, -0.15) is 5.10 Å². The van der Waals surface area contributed by atoms with Crippen LogP contribution in [0.4, 0.5) is 4.39 Å². The van der Waals surface area contributed by atoms with Gasteiger partial charge in [0.05, 0.1) is 5.69 Å². The van der Waals surface area contributed by atoms with Gasteiger partial charge in [0, 0.05) is 12.6 Å². The van der Waals surface area contributed by atoms with Crippen LogP contribution in [0, 0.1) is 19.7 Å². The Kier molecular flexibility index (Phi) is 4.40. The van der Waals surface area contributed by atoms with Gasteiger partial charge in [0.1, 0.15) is 17.5 Å². The Balaban J connectivity index is 2.35. The molecular weight excluding hydrogens is 287 g/mol. The molecule has 2 rings (SSSR count). The molecule has 5 nitrogen and oxygen atoms in total. The number of carbonyl (C=O) groups excluding carboxylic acids is 1. The first-order valence-corrected chi connectivity index (χ1v) is 6.82. The molecule has 1 aromatic carbocycles. The second kappa shape index (κ2) is 6.09. The zero-order valence-corrected chi connectivity index (χ0v) is 12.9. The molecule has 0 N–H and O–H groups in total. The number of carbonyl (C=O) groups is 1. The predicted molar refractivity (Wildman–Crippen MR) is 79.2 cm³/mol. The molecule has 1 heterocycles. The van der Waals surface area contributed by atoms with Gasteiger partial charge in [-0.05, 0) is 32.4 Å². The van der Waals surface area contributed by atoms with Gasteiger partial charge in [-0.1, -0.05) is 18.2 Å².